The molecule has 1 aliphatic rings. The van der Waals surface area contributed by atoms with E-state index in [4.69, 9.17) is 4.74 Å². The lowest BCUT2D eigenvalue weighted by Crippen LogP contribution is -2.40. The zero-order chi connectivity index (χ0) is 15.2. The quantitative estimate of drug-likeness (QED) is 0.795. The van der Waals surface area contributed by atoms with Gasteiger partial charge in [-0.05, 0) is 31.9 Å². The van der Waals surface area contributed by atoms with Crippen molar-refractivity contribution >= 4 is 11.7 Å². The minimum atomic E-state index is -0.199. The normalized spacial score (nSPS) is 17.7. The Balaban J connectivity index is 2.28. The van der Waals surface area contributed by atoms with Gasteiger partial charge >= 0.3 is 5.97 Å². The van der Waals surface area contributed by atoms with Crippen LogP contribution in [0.15, 0.2) is 18.2 Å². The molecule has 0 aliphatic carbocycles. The molecule has 1 aromatic rings. The molecule has 21 heavy (non-hydrogen) atoms. The first-order valence-electron chi connectivity index (χ1n) is 7.06. The van der Waals surface area contributed by atoms with Gasteiger partial charge in [-0.2, -0.15) is 10.5 Å². The van der Waals surface area contributed by atoms with Crippen molar-refractivity contribution in [1.82, 2.24) is 0 Å². The smallest absolute Gasteiger partial charge is 0.310 e. The summed E-state index contributed by atoms with van der Waals surface area (Å²) in [4.78, 5) is 13.9. The Morgan fingerprint density at radius 2 is 2.05 bits per heavy atom. The van der Waals surface area contributed by atoms with Gasteiger partial charge in [0.25, 0.3) is 0 Å². The lowest BCUT2D eigenvalue weighted by molar-refractivity contribution is -0.148. The maximum atomic E-state index is 11.9. The number of esters is 1. The van der Waals surface area contributed by atoms with E-state index in [-0.39, 0.29) is 11.9 Å². The Hall–Kier alpha value is -2.53. The number of rotatable bonds is 3. The molecule has 0 radical (unpaired) electrons. The average molecular weight is 283 g/mol. The molecule has 5 nitrogen and oxygen atoms in total. The van der Waals surface area contributed by atoms with Crippen molar-refractivity contribution in [1.29, 1.82) is 10.5 Å². The van der Waals surface area contributed by atoms with Gasteiger partial charge in [-0.15, -0.1) is 0 Å². The van der Waals surface area contributed by atoms with Gasteiger partial charge < -0.3 is 9.64 Å². The van der Waals surface area contributed by atoms with Crippen LogP contribution in [0.5, 0.6) is 0 Å². The zero-order valence-electron chi connectivity index (χ0n) is 12.0. The SMILES string of the molecule is CCOC(=O)C1CCCN(c2c(C#N)cccc2C#N)C1. The van der Waals surface area contributed by atoms with E-state index in [2.05, 4.69) is 12.1 Å². The highest BCUT2D eigenvalue weighted by molar-refractivity contribution is 5.75. The monoisotopic (exact) mass is 283 g/mol. The Morgan fingerprint density at radius 3 is 2.62 bits per heavy atom. The number of carbonyl (C=O) groups excluding carboxylic acids is 1. The topological polar surface area (TPSA) is 77.1 Å². The molecule has 1 aromatic carbocycles. The van der Waals surface area contributed by atoms with Crippen LogP contribution in [-0.4, -0.2) is 25.7 Å². The lowest BCUT2D eigenvalue weighted by Gasteiger charge is -2.34. The van der Waals surface area contributed by atoms with Crippen molar-refractivity contribution in [3.63, 3.8) is 0 Å². The average Bonchev–Trinajstić information content (AvgIpc) is 2.54. The van der Waals surface area contributed by atoms with Crippen molar-refractivity contribution in [3.8, 4) is 12.1 Å². The molecule has 1 heterocycles. The summed E-state index contributed by atoms with van der Waals surface area (Å²) < 4.78 is 5.08. The summed E-state index contributed by atoms with van der Waals surface area (Å²) >= 11 is 0. The summed E-state index contributed by atoms with van der Waals surface area (Å²) in [5.74, 6) is -0.396. The van der Waals surface area contributed by atoms with Gasteiger partial charge in [0.15, 0.2) is 0 Å². The summed E-state index contributed by atoms with van der Waals surface area (Å²) in [6.45, 7) is 3.39. The molecule has 2 rings (SSSR count). The predicted octanol–water partition coefficient (Wildman–Crippen LogP) is 2.21. The first-order chi connectivity index (χ1) is 10.2. The number of piperidine rings is 1. The van der Waals surface area contributed by atoms with E-state index in [0.29, 0.717) is 30.0 Å². The van der Waals surface area contributed by atoms with Crippen LogP contribution in [0.3, 0.4) is 0 Å². The number of nitriles is 2. The molecule has 1 unspecified atom stereocenters. The number of hydrogen-bond acceptors (Lipinski definition) is 5. The van der Waals surface area contributed by atoms with Gasteiger partial charge in [0, 0.05) is 13.1 Å². The minimum Gasteiger partial charge on any atom is -0.466 e. The third kappa shape index (κ3) is 3.14. The van der Waals surface area contributed by atoms with E-state index in [0.717, 1.165) is 19.4 Å². The number of carbonyl (C=O) groups is 1. The number of ether oxygens (including phenoxy) is 1. The van der Waals surface area contributed by atoms with Crippen LogP contribution >= 0.6 is 0 Å². The van der Waals surface area contributed by atoms with E-state index in [1.807, 2.05) is 4.90 Å². The van der Waals surface area contributed by atoms with Gasteiger partial charge in [0.1, 0.15) is 12.1 Å². The second-order valence-corrected chi connectivity index (χ2v) is 4.96. The largest absolute Gasteiger partial charge is 0.466 e. The van der Waals surface area contributed by atoms with Crippen LogP contribution in [0.1, 0.15) is 30.9 Å². The Kier molecular flexibility index (Phi) is 4.79. The van der Waals surface area contributed by atoms with Crippen molar-refractivity contribution in [2.75, 3.05) is 24.6 Å². The molecule has 0 bridgehead atoms. The molecule has 108 valence electrons. The summed E-state index contributed by atoms with van der Waals surface area (Å²) in [7, 11) is 0. The molecule has 0 saturated carbocycles. The first-order valence-corrected chi connectivity index (χ1v) is 7.06. The first kappa shape index (κ1) is 14.9. The van der Waals surface area contributed by atoms with Crippen molar-refractivity contribution in [2.45, 2.75) is 19.8 Å². The summed E-state index contributed by atoms with van der Waals surface area (Å²) in [6.07, 6.45) is 1.63. The molecule has 1 fully saturated rings. The van der Waals surface area contributed by atoms with Crippen LogP contribution in [0, 0.1) is 28.6 Å². The molecule has 0 amide bonds. The summed E-state index contributed by atoms with van der Waals surface area (Å²) in [5, 5.41) is 18.5. The Labute approximate surface area is 124 Å². The fourth-order valence-corrected chi connectivity index (χ4v) is 2.70. The molecule has 1 atom stereocenters. The zero-order valence-corrected chi connectivity index (χ0v) is 12.0. The van der Waals surface area contributed by atoms with Crippen molar-refractivity contribution < 1.29 is 9.53 Å². The van der Waals surface area contributed by atoms with E-state index in [1.165, 1.54) is 0 Å². The van der Waals surface area contributed by atoms with Gasteiger partial charge in [0.05, 0.1) is 29.3 Å². The third-order valence-corrected chi connectivity index (χ3v) is 3.63. The minimum absolute atomic E-state index is 0.197. The Morgan fingerprint density at radius 1 is 1.38 bits per heavy atom. The van der Waals surface area contributed by atoms with Crippen LogP contribution in [0.25, 0.3) is 0 Å². The molecule has 1 aliphatic heterocycles. The fourth-order valence-electron chi connectivity index (χ4n) is 2.70. The highest BCUT2D eigenvalue weighted by atomic mass is 16.5. The van der Waals surface area contributed by atoms with Gasteiger partial charge in [0.2, 0.25) is 0 Å². The molecule has 1 saturated heterocycles. The van der Waals surface area contributed by atoms with Crippen LogP contribution in [-0.2, 0) is 9.53 Å². The maximum Gasteiger partial charge on any atom is 0.310 e. The summed E-state index contributed by atoms with van der Waals surface area (Å²) in [5.41, 5.74) is 1.58. The summed E-state index contributed by atoms with van der Waals surface area (Å²) in [6, 6.07) is 9.35. The molecule has 0 spiro atoms. The second-order valence-electron chi connectivity index (χ2n) is 4.96. The van der Waals surface area contributed by atoms with E-state index in [1.54, 1.807) is 25.1 Å². The molecular formula is C16H17N3O2. The fraction of sp³-hybridized carbons (Fsp3) is 0.438. The highest BCUT2D eigenvalue weighted by Gasteiger charge is 2.29. The number of benzene rings is 1. The van der Waals surface area contributed by atoms with E-state index < -0.39 is 0 Å². The van der Waals surface area contributed by atoms with Gasteiger partial charge in [-0.3, -0.25) is 4.79 Å². The number of hydrogen-bond donors (Lipinski definition) is 0. The Bertz CT molecular complexity index is 581. The molecule has 5 heteroatoms. The van der Waals surface area contributed by atoms with Crippen molar-refractivity contribution in [3.05, 3.63) is 29.3 Å². The lowest BCUT2D eigenvalue weighted by atomic mass is 9.96. The van der Waals surface area contributed by atoms with Gasteiger partial charge in [-0.25, -0.2) is 0 Å². The van der Waals surface area contributed by atoms with Crippen LogP contribution < -0.4 is 4.90 Å². The van der Waals surface area contributed by atoms with Crippen LogP contribution in [0.4, 0.5) is 5.69 Å². The maximum absolute atomic E-state index is 11.9. The predicted molar refractivity (Wildman–Crippen MR) is 77.4 cm³/mol. The number of anilines is 1. The number of para-hydroxylation sites is 1. The number of nitrogens with zero attached hydrogens (tertiary/aromatic N) is 3. The standard InChI is InChI=1S/C16H17N3O2/c1-2-21-16(20)14-7-4-8-19(11-14)15-12(9-17)5-3-6-13(15)10-18/h3,5-6,14H,2,4,7-8,11H2,1H3. The van der Waals surface area contributed by atoms with E-state index >= 15 is 0 Å². The van der Waals surface area contributed by atoms with Crippen molar-refractivity contribution in [2.24, 2.45) is 5.92 Å². The molecular weight excluding hydrogens is 266 g/mol. The molecule has 0 N–H and O–H groups in total. The van der Waals surface area contributed by atoms with Gasteiger partial charge in [-0.1, -0.05) is 6.07 Å². The third-order valence-electron chi connectivity index (χ3n) is 3.63. The van der Waals surface area contributed by atoms with Crippen LogP contribution in [0.2, 0.25) is 0 Å². The molecule has 0 aromatic heterocycles. The van der Waals surface area contributed by atoms with E-state index in [9.17, 15) is 15.3 Å². The second kappa shape index (κ2) is 6.76. The highest BCUT2D eigenvalue weighted by Crippen LogP contribution is 2.29.